The number of aromatic nitrogens is 3. The number of nitrogens with zero attached hydrogens (tertiary/aromatic N) is 4. The number of ether oxygens (including phenoxy) is 2. The molecule has 0 radical (unpaired) electrons. The largest absolute Gasteiger partial charge is 0.457 e. The zero-order valence-corrected chi connectivity index (χ0v) is 21.2. The van der Waals surface area contributed by atoms with Gasteiger partial charge in [0.25, 0.3) is 0 Å². The highest BCUT2D eigenvalue weighted by atomic mass is 127. The lowest BCUT2D eigenvalue weighted by Crippen LogP contribution is -2.26. The molecule has 0 bridgehead atoms. The number of anilines is 1. The minimum absolute atomic E-state index is 0.0830. The van der Waals surface area contributed by atoms with E-state index in [9.17, 15) is 4.79 Å². The fourth-order valence-corrected chi connectivity index (χ4v) is 4.74. The number of fused-ring (bicyclic) bond motifs is 1. The summed E-state index contributed by atoms with van der Waals surface area (Å²) in [4.78, 5) is 25.1. The highest BCUT2D eigenvalue weighted by Gasteiger charge is 2.25. The molecule has 0 saturated carbocycles. The Balaban J connectivity index is 1.72. The van der Waals surface area contributed by atoms with Gasteiger partial charge in [0.05, 0.1) is 15.1 Å². The molecular formula is C24H23IN6O4. The van der Waals surface area contributed by atoms with E-state index in [2.05, 4.69) is 37.7 Å². The second-order valence-corrected chi connectivity index (χ2v) is 8.54. The lowest BCUT2D eigenvalue weighted by atomic mass is 10.1. The lowest BCUT2D eigenvalue weighted by molar-refractivity contribution is -0.147. The maximum absolute atomic E-state index is 11.6. The highest BCUT2D eigenvalue weighted by molar-refractivity contribution is 14.1. The fraction of sp³-hybridized carbons (Fsp3) is 0.167. The predicted molar refractivity (Wildman–Crippen MR) is 141 cm³/mol. The summed E-state index contributed by atoms with van der Waals surface area (Å²) in [5.41, 5.74) is 14.8. The van der Waals surface area contributed by atoms with E-state index >= 15 is 0 Å². The molecule has 4 N–H and O–H groups in total. The van der Waals surface area contributed by atoms with E-state index in [1.807, 2.05) is 66.1 Å². The Labute approximate surface area is 215 Å². The third-order valence-corrected chi connectivity index (χ3v) is 6.26. The zero-order valence-electron chi connectivity index (χ0n) is 19.0. The Hall–Kier alpha value is -3.71. The number of halogens is 1. The summed E-state index contributed by atoms with van der Waals surface area (Å²) in [5, 5.41) is 4.46. The molecule has 4 aromatic rings. The number of benzene rings is 2. The fourth-order valence-electron chi connectivity index (χ4n) is 3.52. The van der Waals surface area contributed by atoms with Crippen LogP contribution in [0.25, 0.3) is 22.2 Å². The highest BCUT2D eigenvalue weighted by Crippen LogP contribution is 2.39. The van der Waals surface area contributed by atoms with E-state index < -0.39 is 12.0 Å². The van der Waals surface area contributed by atoms with Crippen LogP contribution in [0.3, 0.4) is 0 Å². The molecule has 35 heavy (non-hydrogen) atoms. The Kier molecular flexibility index (Phi) is 7.46. The molecule has 0 spiro atoms. The number of carbonyl (C=O) groups is 1. The van der Waals surface area contributed by atoms with Gasteiger partial charge in [0, 0.05) is 12.7 Å². The summed E-state index contributed by atoms with van der Waals surface area (Å²) in [5.74, 6) is 1.21. The minimum Gasteiger partial charge on any atom is -0.457 e. The molecule has 0 aliphatic heterocycles. The summed E-state index contributed by atoms with van der Waals surface area (Å²) in [6.45, 7) is 1.59. The Morgan fingerprint density at radius 2 is 1.80 bits per heavy atom. The van der Waals surface area contributed by atoms with E-state index in [4.69, 9.17) is 25.8 Å². The Morgan fingerprint density at radius 3 is 2.49 bits per heavy atom. The molecule has 0 aliphatic rings. The van der Waals surface area contributed by atoms with Crippen molar-refractivity contribution in [2.45, 2.75) is 13.0 Å². The number of rotatable bonds is 8. The molecule has 2 aromatic carbocycles. The molecule has 0 saturated heterocycles. The third-order valence-electron chi connectivity index (χ3n) is 5.20. The number of oxime groups is 1. The number of methoxy groups -OCH3 is 1. The van der Waals surface area contributed by atoms with Crippen LogP contribution in [0, 0.1) is 3.70 Å². The molecule has 11 heteroatoms. The van der Waals surface area contributed by atoms with E-state index in [-0.39, 0.29) is 12.4 Å². The number of nitrogens with two attached hydrogens (primary N) is 2. The second-order valence-electron chi connectivity index (χ2n) is 7.52. The van der Waals surface area contributed by atoms with Gasteiger partial charge in [0.2, 0.25) is 0 Å². The number of nitrogen functional groups attached to an aromatic ring is 1. The second kappa shape index (κ2) is 10.7. The summed E-state index contributed by atoms with van der Waals surface area (Å²) >= 11 is 2.22. The topological polar surface area (TPSA) is 140 Å². The summed E-state index contributed by atoms with van der Waals surface area (Å²) in [6, 6.07) is 16.7. The standard InChI is InChI=1S/C24H23IN6O4/c1-14(22(26)30-35-18(32)12-33-2)31-21(25)19(20-23(27)28-13-29-24(20)31)15-8-10-17(11-9-15)34-16-6-4-3-5-7-16/h3-11,13-14H,12H2,1-2H3,(H2,26,30)(H2,27,28,29). The van der Waals surface area contributed by atoms with Crippen LogP contribution >= 0.6 is 22.6 Å². The predicted octanol–water partition coefficient (Wildman–Crippen LogP) is 4.10. The lowest BCUT2D eigenvalue weighted by Gasteiger charge is -2.15. The molecule has 2 heterocycles. The van der Waals surface area contributed by atoms with Crippen LogP contribution in [0.2, 0.25) is 0 Å². The van der Waals surface area contributed by atoms with Crippen LogP contribution < -0.4 is 16.2 Å². The van der Waals surface area contributed by atoms with Gasteiger partial charge < -0.3 is 30.3 Å². The molecule has 0 aliphatic carbocycles. The van der Waals surface area contributed by atoms with Crippen LogP contribution in [0.15, 0.2) is 66.1 Å². The number of carbonyl (C=O) groups excluding carboxylic acids is 1. The van der Waals surface area contributed by atoms with Crippen LogP contribution in [0.4, 0.5) is 5.82 Å². The molecule has 0 amide bonds. The van der Waals surface area contributed by atoms with Gasteiger partial charge in [-0.1, -0.05) is 35.5 Å². The van der Waals surface area contributed by atoms with E-state index in [1.165, 1.54) is 13.4 Å². The number of para-hydroxylation sites is 1. The van der Waals surface area contributed by atoms with Crippen molar-refractivity contribution < 1.29 is 19.1 Å². The van der Waals surface area contributed by atoms with Gasteiger partial charge >= 0.3 is 5.97 Å². The molecular weight excluding hydrogens is 563 g/mol. The van der Waals surface area contributed by atoms with E-state index in [0.717, 1.165) is 20.6 Å². The SMILES string of the molecule is COCC(=O)O/N=C(\N)C(C)n1c(I)c(-c2ccc(Oc3ccccc3)cc2)c2c(N)ncnc21. The molecule has 2 aromatic heterocycles. The van der Waals surface area contributed by atoms with Gasteiger partial charge in [-0.2, -0.15) is 0 Å². The quantitative estimate of drug-likeness (QED) is 0.103. The summed E-state index contributed by atoms with van der Waals surface area (Å²) in [6.07, 6.45) is 1.39. The van der Waals surface area contributed by atoms with Crippen molar-refractivity contribution in [2.75, 3.05) is 19.5 Å². The zero-order chi connectivity index (χ0) is 24.9. The normalized spacial score (nSPS) is 12.5. The third kappa shape index (κ3) is 5.20. The average Bonchev–Trinajstić information content (AvgIpc) is 3.16. The minimum atomic E-state index is -0.653. The number of hydrogen-bond donors (Lipinski definition) is 2. The Bertz CT molecular complexity index is 1370. The van der Waals surface area contributed by atoms with Gasteiger partial charge in [-0.05, 0) is 59.3 Å². The van der Waals surface area contributed by atoms with Crippen molar-refractivity contribution in [1.29, 1.82) is 0 Å². The molecule has 4 rings (SSSR count). The molecule has 0 fully saturated rings. The van der Waals surface area contributed by atoms with Gasteiger partial charge in [-0.3, -0.25) is 0 Å². The first-order valence-corrected chi connectivity index (χ1v) is 11.6. The first-order chi connectivity index (χ1) is 16.9. The van der Waals surface area contributed by atoms with Gasteiger partial charge in [-0.15, -0.1) is 0 Å². The van der Waals surface area contributed by atoms with E-state index in [0.29, 0.717) is 22.6 Å². The van der Waals surface area contributed by atoms with Crippen molar-refractivity contribution in [3.8, 4) is 22.6 Å². The number of hydrogen-bond acceptors (Lipinski definition) is 8. The van der Waals surface area contributed by atoms with Crippen molar-refractivity contribution in [3.05, 3.63) is 64.6 Å². The van der Waals surface area contributed by atoms with Gasteiger partial charge in [0.15, 0.2) is 5.84 Å². The van der Waals surface area contributed by atoms with Crippen molar-refractivity contribution in [1.82, 2.24) is 14.5 Å². The van der Waals surface area contributed by atoms with Gasteiger partial charge in [-0.25, -0.2) is 14.8 Å². The first kappa shape index (κ1) is 24.4. The summed E-state index contributed by atoms with van der Waals surface area (Å²) < 4.78 is 13.3. The van der Waals surface area contributed by atoms with Crippen LogP contribution in [0.1, 0.15) is 13.0 Å². The maximum Gasteiger partial charge on any atom is 0.360 e. The monoisotopic (exact) mass is 586 g/mol. The molecule has 1 atom stereocenters. The number of amidine groups is 1. The average molecular weight is 586 g/mol. The van der Waals surface area contributed by atoms with Crippen LogP contribution in [0.5, 0.6) is 11.5 Å². The van der Waals surface area contributed by atoms with Crippen molar-refractivity contribution in [2.24, 2.45) is 10.9 Å². The smallest absolute Gasteiger partial charge is 0.360 e. The molecule has 180 valence electrons. The Morgan fingerprint density at radius 1 is 1.11 bits per heavy atom. The summed E-state index contributed by atoms with van der Waals surface area (Å²) in [7, 11) is 1.39. The molecule has 10 nitrogen and oxygen atoms in total. The van der Waals surface area contributed by atoms with Crippen LogP contribution in [-0.2, 0) is 14.4 Å². The van der Waals surface area contributed by atoms with Gasteiger partial charge in [0.1, 0.15) is 35.9 Å². The van der Waals surface area contributed by atoms with Crippen molar-refractivity contribution in [3.63, 3.8) is 0 Å². The van der Waals surface area contributed by atoms with Crippen molar-refractivity contribution >= 4 is 51.2 Å². The molecule has 1 unspecified atom stereocenters. The van der Waals surface area contributed by atoms with E-state index in [1.54, 1.807) is 0 Å². The maximum atomic E-state index is 11.6. The first-order valence-electron chi connectivity index (χ1n) is 10.6. The van der Waals surface area contributed by atoms with Crippen LogP contribution in [-0.4, -0.2) is 40.1 Å².